The van der Waals surface area contributed by atoms with Crippen LogP contribution in [-0.4, -0.2) is 40.1 Å². The molecule has 1 aromatic heterocycles. The van der Waals surface area contributed by atoms with Crippen LogP contribution in [0.25, 0.3) is 22.2 Å². The van der Waals surface area contributed by atoms with Gasteiger partial charge in [-0.05, 0) is 53.4 Å². The third-order valence-electron chi connectivity index (χ3n) is 5.71. The summed E-state index contributed by atoms with van der Waals surface area (Å²) in [6.07, 6.45) is 0.526. The number of carbonyl (C=O) groups excluding carboxylic acids is 1. The molecule has 2 N–H and O–H groups in total. The third kappa shape index (κ3) is 5.51. The Morgan fingerprint density at radius 1 is 1.03 bits per heavy atom. The Morgan fingerprint density at radius 2 is 1.83 bits per heavy atom. The number of para-hydroxylation sites is 1. The van der Waals surface area contributed by atoms with Crippen LogP contribution in [0.1, 0.15) is 11.1 Å². The maximum absolute atomic E-state index is 13.1. The van der Waals surface area contributed by atoms with Gasteiger partial charge in [-0.15, -0.1) is 0 Å². The number of nitrogens with one attached hydrogen (secondary N) is 2. The molecule has 0 aliphatic heterocycles. The number of halogens is 1. The van der Waals surface area contributed by atoms with E-state index in [1.54, 1.807) is 19.2 Å². The summed E-state index contributed by atoms with van der Waals surface area (Å²) in [7, 11) is -0.978. The lowest BCUT2D eigenvalue weighted by Crippen LogP contribution is -2.26. The molecule has 0 saturated carbocycles. The van der Waals surface area contributed by atoms with Crippen LogP contribution in [0.4, 0.5) is 0 Å². The van der Waals surface area contributed by atoms with Crippen molar-refractivity contribution in [3.8, 4) is 17.0 Å². The number of H-pyrrole nitrogens is 1. The van der Waals surface area contributed by atoms with Crippen molar-refractivity contribution in [1.29, 1.82) is 0 Å². The number of hydrogen-bond donors (Lipinski definition) is 2. The smallest absolute Gasteiger partial charge is 0.310 e. The van der Waals surface area contributed by atoms with Crippen molar-refractivity contribution in [1.82, 2.24) is 9.71 Å². The van der Waals surface area contributed by atoms with Gasteiger partial charge in [0.1, 0.15) is 10.6 Å². The van der Waals surface area contributed by atoms with Crippen molar-refractivity contribution in [2.45, 2.75) is 17.7 Å². The first-order valence-corrected chi connectivity index (χ1v) is 12.8. The van der Waals surface area contributed by atoms with Gasteiger partial charge in [-0.25, -0.2) is 13.1 Å². The Balaban J connectivity index is 1.64. The van der Waals surface area contributed by atoms with E-state index in [2.05, 4.69) is 9.71 Å². The summed E-state index contributed by atoms with van der Waals surface area (Å²) in [5, 5.41) is 0.969. The second-order valence-corrected chi connectivity index (χ2v) is 10.1. The summed E-state index contributed by atoms with van der Waals surface area (Å²) in [6, 6.07) is 19.8. The van der Waals surface area contributed by atoms with Gasteiger partial charge in [0, 0.05) is 17.4 Å². The summed E-state index contributed by atoms with van der Waals surface area (Å²) in [6.45, 7) is 0.191. The zero-order chi connectivity index (χ0) is 25.0. The van der Waals surface area contributed by atoms with Gasteiger partial charge in [-0.3, -0.25) is 4.79 Å². The van der Waals surface area contributed by atoms with E-state index in [0.717, 1.165) is 22.0 Å². The van der Waals surface area contributed by atoms with Crippen LogP contribution in [0.5, 0.6) is 5.75 Å². The van der Waals surface area contributed by atoms with Crippen molar-refractivity contribution in [2.75, 3.05) is 20.8 Å². The van der Waals surface area contributed by atoms with Crippen LogP contribution in [-0.2, 0) is 32.4 Å². The number of carbonyl (C=O) groups is 1. The summed E-state index contributed by atoms with van der Waals surface area (Å²) in [5.74, 6) is 0.319. The fraction of sp³-hybridized carbons (Fsp3) is 0.192. The molecule has 0 radical (unpaired) electrons. The Labute approximate surface area is 209 Å². The molecule has 0 spiro atoms. The Kier molecular flexibility index (Phi) is 7.45. The number of ether oxygens (including phenoxy) is 2. The van der Waals surface area contributed by atoms with Gasteiger partial charge < -0.3 is 14.5 Å². The van der Waals surface area contributed by atoms with Crippen molar-refractivity contribution in [3.63, 3.8) is 0 Å². The average molecular weight is 513 g/mol. The molecule has 9 heteroatoms. The predicted octanol–water partition coefficient (Wildman–Crippen LogP) is 4.73. The molecule has 182 valence electrons. The zero-order valence-electron chi connectivity index (χ0n) is 19.3. The van der Waals surface area contributed by atoms with E-state index in [0.29, 0.717) is 23.4 Å². The van der Waals surface area contributed by atoms with Gasteiger partial charge in [0.2, 0.25) is 10.0 Å². The van der Waals surface area contributed by atoms with Crippen LogP contribution >= 0.6 is 11.6 Å². The minimum atomic E-state index is -3.90. The third-order valence-corrected chi connectivity index (χ3v) is 7.65. The number of methoxy groups -OCH3 is 2. The molecule has 0 saturated heterocycles. The standard InChI is InChI=1S/C26H25ClN2O5S/c1-33-19-7-5-6-17(14-19)12-13-28-35(31,32)24-15-18(10-11-22(24)27)26-21(16-25(30)34-2)20-8-3-4-9-23(20)29-26/h3-11,14-15,28-29H,12-13,16H2,1-2H3. The van der Waals surface area contributed by atoms with E-state index in [4.69, 9.17) is 21.1 Å². The van der Waals surface area contributed by atoms with Gasteiger partial charge in [-0.2, -0.15) is 0 Å². The van der Waals surface area contributed by atoms with Crippen molar-refractivity contribution >= 4 is 38.5 Å². The fourth-order valence-electron chi connectivity index (χ4n) is 3.95. The number of aromatic nitrogens is 1. The predicted molar refractivity (Wildman–Crippen MR) is 136 cm³/mol. The molecular formula is C26H25ClN2O5S. The van der Waals surface area contributed by atoms with E-state index in [-0.39, 0.29) is 22.9 Å². The number of aromatic amines is 1. The lowest BCUT2D eigenvalue weighted by atomic mass is 10.0. The van der Waals surface area contributed by atoms with Crippen molar-refractivity contribution in [2.24, 2.45) is 0 Å². The van der Waals surface area contributed by atoms with Crippen molar-refractivity contribution < 1.29 is 22.7 Å². The number of esters is 1. The molecule has 0 unspecified atom stereocenters. The summed E-state index contributed by atoms with van der Waals surface area (Å²) < 4.78 is 39.0. The van der Waals surface area contributed by atoms with Crippen molar-refractivity contribution in [3.05, 3.63) is 82.9 Å². The molecule has 4 aromatic rings. The van der Waals surface area contributed by atoms with Crippen LogP contribution in [0.15, 0.2) is 71.6 Å². The largest absolute Gasteiger partial charge is 0.497 e. The number of fused-ring (bicyclic) bond motifs is 1. The minimum Gasteiger partial charge on any atom is -0.497 e. The van der Waals surface area contributed by atoms with E-state index >= 15 is 0 Å². The van der Waals surface area contributed by atoms with Gasteiger partial charge >= 0.3 is 5.97 Å². The zero-order valence-corrected chi connectivity index (χ0v) is 20.9. The van der Waals surface area contributed by atoms with Gasteiger partial charge in [0.25, 0.3) is 0 Å². The quantitative estimate of drug-likeness (QED) is 0.316. The first-order valence-electron chi connectivity index (χ1n) is 10.9. The van der Waals surface area contributed by atoms with Gasteiger partial charge in [0.15, 0.2) is 0 Å². The molecule has 1 heterocycles. The number of rotatable bonds is 9. The first kappa shape index (κ1) is 24.8. The van der Waals surface area contributed by atoms with Crippen LogP contribution in [0.2, 0.25) is 5.02 Å². The number of hydrogen-bond acceptors (Lipinski definition) is 5. The monoisotopic (exact) mass is 512 g/mol. The molecule has 4 rings (SSSR count). The Hall–Kier alpha value is -3.33. The highest BCUT2D eigenvalue weighted by molar-refractivity contribution is 7.89. The second kappa shape index (κ2) is 10.5. The van der Waals surface area contributed by atoms with E-state index in [9.17, 15) is 13.2 Å². The highest BCUT2D eigenvalue weighted by Crippen LogP contribution is 2.34. The maximum Gasteiger partial charge on any atom is 0.310 e. The van der Waals surface area contributed by atoms with Crippen LogP contribution < -0.4 is 9.46 Å². The highest BCUT2D eigenvalue weighted by Gasteiger charge is 2.22. The lowest BCUT2D eigenvalue weighted by Gasteiger charge is -2.11. The molecular weight excluding hydrogens is 488 g/mol. The van der Waals surface area contributed by atoms with Crippen LogP contribution in [0, 0.1) is 0 Å². The van der Waals surface area contributed by atoms with E-state index < -0.39 is 16.0 Å². The molecule has 0 aliphatic carbocycles. The molecule has 0 fully saturated rings. The second-order valence-electron chi connectivity index (χ2n) is 7.92. The SMILES string of the molecule is COC(=O)Cc1c(-c2ccc(Cl)c(S(=O)(=O)NCCc3cccc(OC)c3)c2)[nH]c2ccccc12. The molecule has 0 atom stereocenters. The lowest BCUT2D eigenvalue weighted by molar-refractivity contribution is -0.139. The van der Waals surface area contributed by atoms with E-state index in [1.165, 1.54) is 13.2 Å². The maximum atomic E-state index is 13.1. The topological polar surface area (TPSA) is 97.5 Å². The van der Waals surface area contributed by atoms with Crippen LogP contribution in [0.3, 0.4) is 0 Å². The summed E-state index contributed by atoms with van der Waals surface area (Å²) in [5.41, 5.74) is 3.73. The Morgan fingerprint density at radius 3 is 2.60 bits per heavy atom. The summed E-state index contributed by atoms with van der Waals surface area (Å²) >= 11 is 6.31. The minimum absolute atomic E-state index is 0.0371. The molecule has 0 bridgehead atoms. The normalized spacial score (nSPS) is 11.5. The Bertz CT molecular complexity index is 1480. The van der Waals surface area contributed by atoms with Gasteiger partial charge in [-0.1, -0.05) is 48.0 Å². The average Bonchev–Trinajstić information content (AvgIpc) is 3.22. The molecule has 35 heavy (non-hydrogen) atoms. The number of benzene rings is 3. The highest BCUT2D eigenvalue weighted by atomic mass is 35.5. The molecule has 3 aromatic carbocycles. The summed E-state index contributed by atoms with van der Waals surface area (Å²) in [4.78, 5) is 15.4. The molecule has 0 aliphatic rings. The first-order chi connectivity index (χ1) is 16.8. The number of sulfonamides is 1. The molecule has 0 amide bonds. The van der Waals surface area contributed by atoms with Gasteiger partial charge in [0.05, 0.1) is 31.4 Å². The van der Waals surface area contributed by atoms with E-state index in [1.807, 2.05) is 48.5 Å². The molecule has 7 nitrogen and oxygen atoms in total. The fourth-order valence-corrected chi connectivity index (χ4v) is 5.50.